The van der Waals surface area contributed by atoms with Crippen molar-refractivity contribution in [2.75, 3.05) is 18.4 Å². The highest BCUT2D eigenvalue weighted by atomic mass is 19.4. The lowest BCUT2D eigenvalue weighted by molar-refractivity contribution is -0.141. The first-order valence-electron chi connectivity index (χ1n) is 13.7. The molecule has 3 aromatic rings. The minimum Gasteiger partial charge on any atom is -0.347 e. The molecule has 3 amide bonds. The van der Waals surface area contributed by atoms with Gasteiger partial charge < -0.3 is 15.5 Å². The van der Waals surface area contributed by atoms with Crippen LogP contribution in [0.4, 0.5) is 28.0 Å². The van der Waals surface area contributed by atoms with Crippen molar-refractivity contribution in [1.29, 1.82) is 0 Å². The summed E-state index contributed by atoms with van der Waals surface area (Å²) < 4.78 is 56.1. The number of rotatable bonds is 6. The minimum absolute atomic E-state index is 0.0602. The molecule has 3 heterocycles. The van der Waals surface area contributed by atoms with E-state index < -0.39 is 46.9 Å². The van der Waals surface area contributed by atoms with Gasteiger partial charge in [-0.05, 0) is 63.6 Å². The molecule has 224 valence electrons. The number of fused-ring (bicyclic) bond motifs is 1. The number of aromatic nitrogens is 3. The van der Waals surface area contributed by atoms with Crippen LogP contribution >= 0.6 is 0 Å². The normalized spacial score (nSPS) is 17.5. The predicted octanol–water partition coefficient (Wildman–Crippen LogP) is 4.13. The molecule has 5 rings (SSSR count). The smallest absolute Gasteiger partial charge is 0.347 e. The Hall–Kier alpha value is -4.23. The third-order valence-electron chi connectivity index (χ3n) is 7.51. The van der Waals surface area contributed by atoms with E-state index >= 15 is 4.39 Å². The SMILES string of the molecule is CC(C)n1c(=O)n(CC2CC2)c(=O)c2cc(NC(=O)N3CCCC(NC(=O)c4ccc(C(F)(F)F)nc4)C3)c(F)cc21. The van der Waals surface area contributed by atoms with E-state index in [2.05, 4.69) is 15.6 Å². The number of pyridine rings is 1. The molecule has 1 aliphatic carbocycles. The topological polar surface area (TPSA) is 118 Å². The molecule has 0 spiro atoms. The van der Waals surface area contributed by atoms with Gasteiger partial charge in [0.2, 0.25) is 0 Å². The van der Waals surface area contributed by atoms with E-state index in [4.69, 9.17) is 0 Å². The number of piperidine rings is 1. The maximum absolute atomic E-state index is 15.2. The van der Waals surface area contributed by atoms with Gasteiger partial charge >= 0.3 is 17.9 Å². The Morgan fingerprint density at radius 2 is 1.86 bits per heavy atom. The molecule has 0 radical (unpaired) electrons. The van der Waals surface area contributed by atoms with Crippen LogP contribution in [0.5, 0.6) is 0 Å². The highest BCUT2D eigenvalue weighted by molar-refractivity contribution is 5.95. The maximum atomic E-state index is 15.2. The van der Waals surface area contributed by atoms with Gasteiger partial charge in [0.1, 0.15) is 11.5 Å². The predicted molar refractivity (Wildman–Crippen MR) is 146 cm³/mol. The Morgan fingerprint density at radius 3 is 2.48 bits per heavy atom. The van der Waals surface area contributed by atoms with Crippen LogP contribution in [-0.2, 0) is 12.7 Å². The summed E-state index contributed by atoms with van der Waals surface area (Å²) in [5, 5.41) is 5.32. The van der Waals surface area contributed by atoms with Gasteiger partial charge in [0.15, 0.2) is 0 Å². The van der Waals surface area contributed by atoms with E-state index in [-0.39, 0.29) is 47.2 Å². The fourth-order valence-electron chi connectivity index (χ4n) is 5.15. The molecular formula is C28H30F4N6O4. The standard InChI is InChI=1S/C28H30F4N6O4/c1-15(2)38-22-11-20(29)21(10-19(22)25(40)37(27(38)42)13-16-5-6-16)35-26(41)36-9-3-4-18(14-36)34-24(39)17-7-8-23(33-12-17)28(30,31)32/h7-8,10-12,15-16,18H,3-6,9,13-14H2,1-2H3,(H,34,39)(H,35,41). The average Bonchev–Trinajstić information content (AvgIpc) is 3.76. The number of likely N-dealkylation sites (tertiary alicyclic amines) is 1. The monoisotopic (exact) mass is 590 g/mol. The van der Waals surface area contributed by atoms with Crippen LogP contribution in [0.1, 0.15) is 61.6 Å². The number of halogens is 4. The van der Waals surface area contributed by atoms with E-state index in [0.29, 0.717) is 19.4 Å². The number of carbonyl (C=O) groups excluding carboxylic acids is 2. The number of nitrogens with one attached hydrogen (secondary N) is 2. The Balaban J connectivity index is 1.32. The first-order chi connectivity index (χ1) is 19.8. The molecule has 14 heteroatoms. The Labute approximate surface area is 237 Å². The van der Waals surface area contributed by atoms with Crippen molar-refractivity contribution >= 4 is 28.5 Å². The summed E-state index contributed by atoms with van der Waals surface area (Å²) in [6.45, 7) is 4.20. The molecule has 42 heavy (non-hydrogen) atoms. The van der Waals surface area contributed by atoms with E-state index in [9.17, 15) is 32.3 Å². The zero-order chi connectivity index (χ0) is 30.3. The number of nitrogens with zero attached hydrogens (tertiary/aromatic N) is 4. The number of carbonyl (C=O) groups is 2. The van der Waals surface area contributed by atoms with E-state index in [1.165, 1.54) is 20.1 Å². The summed E-state index contributed by atoms with van der Waals surface area (Å²) in [7, 11) is 0. The Morgan fingerprint density at radius 1 is 1.12 bits per heavy atom. The van der Waals surface area contributed by atoms with E-state index in [1.807, 2.05) is 0 Å². The molecule has 2 aromatic heterocycles. The highest BCUT2D eigenvalue weighted by Crippen LogP contribution is 2.30. The molecular weight excluding hydrogens is 560 g/mol. The molecule has 1 atom stereocenters. The first-order valence-corrected chi connectivity index (χ1v) is 13.7. The fraction of sp³-hybridized carbons (Fsp3) is 0.464. The van der Waals surface area contributed by atoms with Crippen LogP contribution in [0.25, 0.3) is 10.9 Å². The Bertz CT molecular complexity index is 1640. The summed E-state index contributed by atoms with van der Waals surface area (Å²) in [6.07, 6.45) is -0.912. The van der Waals surface area contributed by atoms with Crippen LogP contribution in [-0.4, -0.2) is 50.1 Å². The van der Waals surface area contributed by atoms with Crippen LogP contribution in [0.3, 0.4) is 0 Å². The molecule has 1 aliphatic heterocycles. The number of urea groups is 1. The van der Waals surface area contributed by atoms with Crippen molar-refractivity contribution in [2.24, 2.45) is 5.92 Å². The van der Waals surface area contributed by atoms with Gasteiger partial charge in [-0.15, -0.1) is 0 Å². The number of benzene rings is 1. The van der Waals surface area contributed by atoms with Crippen LogP contribution in [0, 0.1) is 11.7 Å². The Kier molecular flexibility index (Phi) is 7.82. The van der Waals surface area contributed by atoms with Gasteiger partial charge in [-0.2, -0.15) is 13.2 Å². The van der Waals surface area contributed by atoms with E-state index in [1.54, 1.807) is 13.8 Å². The lowest BCUT2D eigenvalue weighted by Crippen LogP contribution is -2.50. The second-order valence-electron chi connectivity index (χ2n) is 11.1. The fourth-order valence-corrected chi connectivity index (χ4v) is 5.15. The largest absolute Gasteiger partial charge is 0.433 e. The number of amides is 3. The van der Waals surface area contributed by atoms with Gasteiger partial charge in [-0.3, -0.25) is 23.7 Å². The third-order valence-corrected chi connectivity index (χ3v) is 7.51. The van der Waals surface area contributed by atoms with Gasteiger partial charge in [0, 0.05) is 44.0 Å². The lowest BCUT2D eigenvalue weighted by atomic mass is 10.1. The van der Waals surface area contributed by atoms with Crippen LogP contribution in [0.15, 0.2) is 40.1 Å². The van der Waals surface area contributed by atoms with Gasteiger partial charge in [-0.1, -0.05) is 0 Å². The van der Waals surface area contributed by atoms with Gasteiger partial charge in [-0.25, -0.2) is 14.0 Å². The number of alkyl halides is 3. The average molecular weight is 591 g/mol. The summed E-state index contributed by atoms with van der Waals surface area (Å²) in [5.41, 5.74) is -2.31. The summed E-state index contributed by atoms with van der Waals surface area (Å²) in [6, 6.07) is 2.56. The molecule has 2 aliphatic rings. The van der Waals surface area contributed by atoms with Gasteiger partial charge in [0.05, 0.1) is 22.2 Å². The molecule has 2 fully saturated rings. The van der Waals surface area contributed by atoms with Crippen LogP contribution < -0.4 is 21.9 Å². The van der Waals surface area contributed by atoms with Gasteiger partial charge in [0.25, 0.3) is 11.5 Å². The number of hydrogen-bond donors (Lipinski definition) is 2. The summed E-state index contributed by atoms with van der Waals surface area (Å²) in [4.78, 5) is 56.7. The van der Waals surface area contributed by atoms with Crippen molar-refractivity contribution < 1.29 is 27.2 Å². The summed E-state index contributed by atoms with van der Waals surface area (Å²) >= 11 is 0. The van der Waals surface area contributed by atoms with Crippen molar-refractivity contribution in [2.45, 2.75) is 64.3 Å². The molecule has 0 bridgehead atoms. The molecule has 1 saturated carbocycles. The minimum atomic E-state index is -4.63. The zero-order valence-corrected chi connectivity index (χ0v) is 23.0. The quantitative estimate of drug-likeness (QED) is 0.419. The summed E-state index contributed by atoms with van der Waals surface area (Å²) in [5.74, 6) is -1.21. The number of anilines is 1. The van der Waals surface area contributed by atoms with E-state index in [0.717, 1.165) is 37.2 Å². The maximum Gasteiger partial charge on any atom is 0.433 e. The van der Waals surface area contributed by atoms with Crippen molar-refractivity contribution in [3.8, 4) is 0 Å². The highest BCUT2D eigenvalue weighted by Gasteiger charge is 2.33. The molecule has 10 nitrogen and oxygen atoms in total. The second-order valence-corrected chi connectivity index (χ2v) is 11.1. The third kappa shape index (κ3) is 6.02. The molecule has 1 aromatic carbocycles. The zero-order valence-electron chi connectivity index (χ0n) is 23.0. The van der Waals surface area contributed by atoms with Crippen molar-refractivity contribution in [1.82, 2.24) is 24.3 Å². The first kappa shape index (κ1) is 29.3. The van der Waals surface area contributed by atoms with Crippen LogP contribution in [0.2, 0.25) is 0 Å². The van der Waals surface area contributed by atoms with Crippen molar-refractivity contribution in [3.63, 3.8) is 0 Å². The molecule has 1 saturated heterocycles. The van der Waals surface area contributed by atoms with Crippen molar-refractivity contribution in [3.05, 3.63) is 68.4 Å². The lowest BCUT2D eigenvalue weighted by Gasteiger charge is -2.33. The second kappa shape index (κ2) is 11.2. The number of hydrogen-bond acceptors (Lipinski definition) is 5. The molecule has 1 unspecified atom stereocenters. The molecule has 2 N–H and O–H groups in total.